The molecule has 0 N–H and O–H groups in total. The molecule has 1 heterocycles. The highest BCUT2D eigenvalue weighted by molar-refractivity contribution is 6.35. The van der Waals surface area contributed by atoms with E-state index in [4.69, 9.17) is 34.8 Å². The summed E-state index contributed by atoms with van der Waals surface area (Å²) < 4.78 is 2.06. The van der Waals surface area contributed by atoms with Gasteiger partial charge in [0, 0.05) is 5.02 Å². The fourth-order valence-corrected chi connectivity index (χ4v) is 3.36. The second-order valence-corrected chi connectivity index (χ2v) is 5.92. The molecular formula is C16H13Cl3N2. The number of halogens is 3. The smallest absolute Gasteiger partial charge is 0.125 e. The van der Waals surface area contributed by atoms with Crippen LogP contribution in [0.2, 0.25) is 10.0 Å². The number of imidazole rings is 1. The third-order valence-electron chi connectivity index (χ3n) is 3.60. The molecule has 1 aromatic heterocycles. The van der Waals surface area contributed by atoms with Gasteiger partial charge in [-0.05, 0) is 30.7 Å². The van der Waals surface area contributed by atoms with Crippen LogP contribution in [-0.4, -0.2) is 9.55 Å². The summed E-state index contributed by atoms with van der Waals surface area (Å²) in [5.74, 6) is 1.10. The van der Waals surface area contributed by atoms with Gasteiger partial charge in [-0.1, -0.05) is 47.5 Å². The summed E-state index contributed by atoms with van der Waals surface area (Å²) in [5, 5.41) is 1.38. The zero-order valence-corrected chi connectivity index (χ0v) is 13.6. The molecule has 0 aliphatic rings. The lowest BCUT2D eigenvalue weighted by atomic mass is 10.1. The van der Waals surface area contributed by atoms with E-state index in [1.807, 2.05) is 42.5 Å². The molecule has 0 saturated carbocycles. The van der Waals surface area contributed by atoms with Crippen molar-refractivity contribution in [2.75, 3.05) is 0 Å². The van der Waals surface area contributed by atoms with Crippen molar-refractivity contribution in [3.8, 4) is 0 Å². The SMILES string of the molecule is CC(c1ccccc1Cl)n1c(CCl)nc2cccc(Cl)c21. The van der Waals surface area contributed by atoms with Gasteiger partial charge in [-0.3, -0.25) is 0 Å². The maximum atomic E-state index is 6.37. The van der Waals surface area contributed by atoms with Crippen molar-refractivity contribution < 1.29 is 0 Å². The molecule has 5 heteroatoms. The first kappa shape index (κ1) is 14.7. The first-order chi connectivity index (χ1) is 10.1. The summed E-state index contributed by atoms with van der Waals surface area (Å²) >= 11 is 18.8. The van der Waals surface area contributed by atoms with Crippen LogP contribution >= 0.6 is 34.8 Å². The zero-order valence-electron chi connectivity index (χ0n) is 11.4. The highest BCUT2D eigenvalue weighted by Gasteiger charge is 2.20. The van der Waals surface area contributed by atoms with E-state index in [1.54, 1.807) is 0 Å². The van der Waals surface area contributed by atoms with Crippen LogP contribution in [-0.2, 0) is 5.88 Å². The van der Waals surface area contributed by atoms with E-state index < -0.39 is 0 Å². The highest BCUT2D eigenvalue weighted by atomic mass is 35.5. The molecule has 0 aliphatic heterocycles. The molecule has 21 heavy (non-hydrogen) atoms. The lowest BCUT2D eigenvalue weighted by Gasteiger charge is -2.19. The molecule has 0 aliphatic carbocycles. The summed E-state index contributed by atoms with van der Waals surface area (Å²) in [6.45, 7) is 2.07. The molecule has 3 aromatic rings. The fourth-order valence-electron chi connectivity index (χ4n) is 2.62. The largest absolute Gasteiger partial charge is 0.318 e. The van der Waals surface area contributed by atoms with E-state index in [0.29, 0.717) is 10.9 Å². The van der Waals surface area contributed by atoms with E-state index in [1.165, 1.54) is 0 Å². The van der Waals surface area contributed by atoms with Crippen LogP contribution < -0.4 is 0 Å². The molecule has 2 nitrogen and oxygen atoms in total. The molecule has 0 saturated heterocycles. The van der Waals surface area contributed by atoms with Gasteiger partial charge in [0.25, 0.3) is 0 Å². The Morgan fingerprint density at radius 2 is 1.76 bits per heavy atom. The minimum absolute atomic E-state index is 0.00245. The van der Waals surface area contributed by atoms with Crippen molar-refractivity contribution in [1.82, 2.24) is 9.55 Å². The van der Waals surface area contributed by atoms with E-state index in [-0.39, 0.29) is 6.04 Å². The van der Waals surface area contributed by atoms with E-state index in [0.717, 1.165) is 27.4 Å². The first-order valence-electron chi connectivity index (χ1n) is 6.59. The van der Waals surface area contributed by atoms with Crippen molar-refractivity contribution in [2.24, 2.45) is 0 Å². The van der Waals surface area contributed by atoms with Crippen LogP contribution in [0, 0.1) is 0 Å². The summed E-state index contributed by atoms with van der Waals surface area (Å²) in [6.07, 6.45) is 0. The van der Waals surface area contributed by atoms with Gasteiger partial charge in [0.2, 0.25) is 0 Å². The van der Waals surface area contributed by atoms with E-state index in [2.05, 4.69) is 16.5 Å². The van der Waals surface area contributed by atoms with Gasteiger partial charge in [-0.2, -0.15) is 0 Å². The van der Waals surface area contributed by atoms with Gasteiger partial charge in [0.1, 0.15) is 5.82 Å². The minimum atomic E-state index is -0.00245. The third-order valence-corrected chi connectivity index (χ3v) is 4.48. The second-order valence-electron chi connectivity index (χ2n) is 4.84. The lowest BCUT2D eigenvalue weighted by Crippen LogP contribution is -2.10. The number of benzene rings is 2. The van der Waals surface area contributed by atoms with Crippen molar-refractivity contribution in [1.29, 1.82) is 0 Å². The summed E-state index contributed by atoms with van der Waals surface area (Å²) in [5.41, 5.74) is 2.75. The number of para-hydroxylation sites is 1. The third kappa shape index (κ3) is 2.52. The van der Waals surface area contributed by atoms with Crippen LogP contribution in [0.25, 0.3) is 11.0 Å². The molecule has 0 spiro atoms. The number of fused-ring (bicyclic) bond motifs is 1. The standard InChI is InChI=1S/C16H13Cl3N2/c1-10(11-5-2-3-6-12(11)18)21-15(9-17)20-14-8-4-7-13(19)16(14)21/h2-8,10H,9H2,1H3. The highest BCUT2D eigenvalue weighted by Crippen LogP contribution is 2.33. The maximum absolute atomic E-state index is 6.37. The number of hydrogen-bond donors (Lipinski definition) is 0. The first-order valence-corrected chi connectivity index (χ1v) is 7.88. The number of hydrogen-bond acceptors (Lipinski definition) is 1. The Labute approximate surface area is 138 Å². The molecule has 0 fully saturated rings. The summed E-state index contributed by atoms with van der Waals surface area (Å²) in [4.78, 5) is 4.57. The van der Waals surface area contributed by atoms with E-state index in [9.17, 15) is 0 Å². The van der Waals surface area contributed by atoms with Gasteiger partial charge >= 0.3 is 0 Å². The quantitative estimate of drug-likeness (QED) is 0.560. The Kier molecular flexibility index (Phi) is 4.12. The molecule has 0 radical (unpaired) electrons. The lowest BCUT2D eigenvalue weighted by molar-refractivity contribution is 0.634. The predicted octanol–water partition coefficient (Wildman–Crippen LogP) is 5.69. The monoisotopic (exact) mass is 338 g/mol. The zero-order chi connectivity index (χ0) is 15.0. The molecule has 1 unspecified atom stereocenters. The average Bonchev–Trinajstić information content (AvgIpc) is 2.87. The number of alkyl halides is 1. The fraction of sp³-hybridized carbons (Fsp3) is 0.188. The molecule has 2 aromatic carbocycles. The Bertz CT molecular complexity index is 795. The molecule has 1 atom stereocenters. The second kappa shape index (κ2) is 5.88. The van der Waals surface area contributed by atoms with Gasteiger partial charge < -0.3 is 4.57 Å². The van der Waals surface area contributed by atoms with Gasteiger partial charge in [0.15, 0.2) is 0 Å². The number of rotatable bonds is 3. The molecular weight excluding hydrogens is 327 g/mol. The van der Waals surface area contributed by atoms with Crippen molar-refractivity contribution in [3.05, 3.63) is 63.9 Å². The van der Waals surface area contributed by atoms with Gasteiger partial charge in [-0.15, -0.1) is 11.6 Å². The van der Waals surface area contributed by atoms with Crippen LogP contribution in [0.15, 0.2) is 42.5 Å². The molecule has 3 rings (SSSR count). The summed E-state index contributed by atoms with van der Waals surface area (Å²) in [6, 6.07) is 13.5. The Hall–Kier alpha value is -1.22. The molecule has 0 amide bonds. The van der Waals surface area contributed by atoms with Crippen molar-refractivity contribution >= 4 is 45.8 Å². The number of nitrogens with zero attached hydrogens (tertiary/aromatic N) is 2. The van der Waals surface area contributed by atoms with Crippen LogP contribution in [0.1, 0.15) is 24.4 Å². The van der Waals surface area contributed by atoms with Gasteiger partial charge in [-0.25, -0.2) is 4.98 Å². The Balaban J connectivity index is 2.26. The Morgan fingerprint density at radius 1 is 1.05 bits per heavy atom. The Morgan fingerprint density at radius 3 is 2.48 bits per heavy atom. The molecule has 108 valence electrons. The average molecular weight is 340 g/mol. The van der Waals surface area contributed by atoms with Crippen molar-refractivity contribution in [3.63, 3.8) is 0 Å². The summed E-state index contributed by atoms with van der Waals surface area (Å²) in [7, 11) is 0. The predicted molar refractivity (Wildman–Crippen MR) is 89.6 cm³/mol. The van der Waals surface area contributed by atoms with Crippen molar-refractivity contribution in [2.45, 2.75) is 18.8 Å². The maximum Gasteiger partial charge on any atom is 0.125 e. The minimum Gasteiger partial charge on any atom is -0.318 e. The molecule has 0 bridgehead atoms. The number of aromatic nitrogens is 2. The topological polar surface area (TPSA) is 17.8 Å². The normalized spacial score (nSPS) is 12.8. The van der Waals surface area contributed by atoms with Crippen LogP contribution in [0.4, 0.5) is 0 Å². The van der Waals surface area contributed by atoms with Gasteiger partial charge in [0.05, 0.1) is 28.0 Å². The van der Waals surface area contributed by atoms with E-state index >= 15 is 0 Å². The van der Waals surface area contributed by atoms with Crippen LogP contribution in [0.3, 0.4) is 0 Å². The van der Waals surface area contributed by atoms with Crippen LogP contribution in [0.5, 0.6) is 0 Å².